The molecule has 3 aromatic rings. The van der Waals surface area contributed by atoms with Crippen molar-refractivity contribution in [2.75, 3.05) is 0 Å². The molecular weight excluding hydrogens is 339 g/mol. The van der Waals surface area contributed by atoms with E-state index in [1.807, 2.05) is 0 Å². The summed E-state index contributed by atoms with van der Waals surface area (Å²) in [7, 11) is 0. The quantitative estimate of drug-likeness (QED) is 0.764. The molecule has 0 saturated heterocycles. The van der Waals surface area contributed by atoms with Crippen molar-refractivity contribution >= 4 is 32.8 Å². The van der Waals surface area contributed by atoms with Gasteiger partial charge in [0.1, 0.15) is 5.82 Å². The van der Waals surface area contributed by atoms with Gasteiger partial charge in [0.05, 0.1) is 21.2 Å². The second kappa shape index (κ2) is 5.21. The lowest BCUT2D eigenvalue weighted by Gasteiger charge is -2.07. The number of aromatic nitrogens is 2. The number of carboxylic acids is 1. The summed E-state index contributed by atoms with van der Waals surface area (Å²) in [4.78, 5) is 19.7. The Kier molecular flexibility index (Phi) is 3.39. The van der Waals surface area contributed by atoms with Crippen molar-refractivity contribution in [2.24, 2.45) is 0 Å². The van der Waals surface area contributed by atoms with Crippen molar-refractivity contribution in [1.29, 1.82) is 0 Å². The summed E-state index contributed by atoms with van der Waals surface area (Å²) in [6.07, 6.45) is 2.99. The number of carbonyl (C=O) groups is 1. The zero-order chi connectivity index (χ0) is 15.0. The van der Waals surface area contributed by atoms with E-state index in [2.05, 4.69) is 25.9 Å². The van der Waals surface area contributed by atoms with Crippen molar-refractivity contribution in [2.45, 2.75) is 0 Å². The predicted molar refractivity (Wildman–Crippen MR) is 79.6 cm³/mol. The lowest BCUT2D eigenvalue weighted by atomic mass is 10.1. The van der Waals surface area contributed by atoms with Crippen molar-refractivity contribution in [3.63, 3.8) is 0 Å². The van der Waals surface area contributed by atoms with Gasteiger partial charge in [-0.2, -0.15) is 0 Å². The summed E-state index contributed by atoms with van der Waals surface area (Å²) < 4.78 is 14.0. The van der Waals surface area contributed by atoms with Crippen molar-refractivity contribution in [1.82, 2.24) is 9.97 Å². The first-order valence-corrected chi connectivity index (χ1v) is 6.79. The molecule has 0 radical (unpaired) electrons. The molecule has 2 aromatic heterocycles. The Morgan fingerprint density at radius 2 is 2.05 bits per heavy atom. The van der Waals surface area contributed by atoms with Crippen LogP contribution in [-0.2, 0) is 0 Å². The zero-order valence-electron chi connectivity index (χ0n) is 10.5. The van der Waals surface area contributed by atoms with E-state index in [0.717, 1.165) is 0 Å². The SMILES string of the molecule is O=C(O)c1cc(-c2ccc(Br)c(F)c2)nc2ccncc12. The Labute approximate surface area is 127 Å². The fourth-order valence-corrected chi connectivity index (χ4v) is 2.30. The molecule has 4 nitrogen and oxygen atoms in total. The van der Waals surface area contributed by atoms with Gasteiger partial charge in [0, 0.05) is 23.3 Å². The van der Waals surface area contributed by atoms with Crippen molar-refractivity contribution in [3.8, 4) is 11.3 Å². The molecule has 0 unspecified atom stereocenters. The molecule has 0 saturated carbocycles. The van der Waals surface area contributed by atoms with E-state index < -0.39 is 11.8 Å². The molecule has 0 aliphatic heterocycles. The average molecular weight is 347 g/mol. The summed E-state index contributed by atoms with van der Waals surface area (Å²) in [5.41, 5.74) is 1.50. The third kappa shape index (κ3) is 2.50. The molecule has 21 heavy (non-hydrogen) atoms. The Morgan fingerprint density at radius 1 is 1.24 bits per heavy atom. The van der Waals surface area contributed by atoms with Crippen LogP contribution >= 0.6 is 15.9 Å². The topological polar surface area (TPSA) is 63.1 Å². The van der Waals surface area contributed by atoms with Gasteiger partial charge in [0.15, 0.2) is 0 Å². The van der Waals surface area contributed by atoms with Crippen LogP contribution in [0.3, 0.4) is 0 Å². The van der Waals surface area contributed by atoms with Gasteiger partial charge >= 0.3 is 5.97 Å². The molecule has 1 N–H and O–H groups in total. The van der Waals surface area contributed by atoms with E-state index in [1.54, 1.807) is 18.2 Å². The van der Waals surface area contributed by atoms with Gasteiger partial charge in [-0.05, 0) is 40.2 Å². The molecule has 1 aromatic carbocycles. The van der Waals surface area contributed by atoms with Crippen LogP contribution in [0, 0.1) is 5.82 Å². The number of halogens is 2. The fourth-order valence-electron chi connectivity index (χ4n) is 2.05. The van der Waals surface area contributed by atoms with Gasteiger partial charge in [0.25, 0.3) is 0 Å². The number of benzene rings is 1. The van der Waals surface area contributed by atoms with Crippen LogP contribution in [0.2, 0.25) is 0 Å². The van der Waals surface area contributed by atoms with Gasteiger partial charge in [-0.15, -0.1) is 0 Å². The van der Waals surface area contributed by atoms with Gasteiger partial charge in [0.2, 0.25) is 0 Å². The highest BCUT2D eigenvalue weighted by molar-refractivity contribution is 9.10. The number of rotatable bonds is 2. The molecule has 2 heterocycles. The average Bonchev–Trinajstić information content (AvgIpc) is 2.48. The summed E-state index contributed by atoms with van der Waals surface area (Å²) in [6.45, 7) is 0. The van der Waals surface area contributed by atoms with Crippen LogP contribution in [-0.4, -0.2) is 21.0 Å². The number of aromatic carboxylic acids is 1. The van der Waals surface area contributed by atoms with Crippen LogP contribution in [0.4, 0.5) is 4.39 Å². The van der Waals surface area contributed by atoms with E-state index in [9.17, 15) is 14.3 Å². The number of fused-ring (bicyclic) bond motifs is 1. The van der Waals surface area contributed by atoms with Crippen LogP contribution in [0.25, 0.3) is 22.2 Å². The standard InChI is InChI=1S/C15H8BrFN2O2/c16-11-2-1-8(5-12(11)17)14-6-9(15(20)21)10-7-18-4-3-13(10)19-14/h1-7H,(H,20,21). The Bertz CT molecular complexity index is 867. The summed E-state index contributed by atoms with van der Waals surface area (Å²) in [5, 5.41) is 9.77. The Hall–Kier alpha value is -2.34. The number of nitrogens with zero attached hydrogens (tertiary/aromatic N) is 2. The molecule has 0 atom stereocenters. The molecule has 3 rings (SSSR count). The Morgan fingerprint density at radius 3 is 2.76 bits per heavy atom. The van der Waals surface area contributed by atoms with E-state index in [0.29, 0.717) is 26.6 Å². The largest absolute Gasteiger partial charge is 0.478 e. The monoisotopic (exact) mass is 346 g/mol. The maximum absolute atomic E-state index is 13.6. The van der Waals surface area contributed by atoms with Gasteiger partial charge in [-0.25, -0.2) is 14.2 Å². The normalized spacial score (nSPS) is 10.8. The molecule has 6 heteroatoms. The van der Waals surface area contributed by atoms with E-state index in [4.69, 9.17) is 0 Å². The van der Waals surface area contributed by atoms with Crippen LogP contribution in [0.15, 0.2) is 47.2 Å². The van der Waals surface area contributed by atoms with E-state index >= 15 is 0 Å². The predicted octanol–water partition coefficient (Wildman–Crippen LogP) is 3.90. The lowest BCUT2D eigenvalue weighted by Crippen LogP contribution is -2.00. The molecule has 0 aliphatic rings. The second-order valence-electron chi connectivity index (χ2n) is 4.38. The number of hydrogen-bond acceptors (Lipinski definition) is 3. The minimum Gasteiger partial charge on any atom is -0.478 e. The van der Waals surface area contributed by atoms with Crippen LogP contribution < -0.4 is 0 Å². The number of hydrogen-bond donors (Lipinski definition) is 1. The molecule has 0 spiro atoms. The van der Waals surface area contributed by atoms with E-state index in [-0.39, 0.29) is 5.56 Å². The first kappa shape index (κ1) is 13.6. The molecule has 0 aliphatic carbocycles. The van der Waals surface area contributed by atoms with Crippen LogP contribution in [0.5, 0.6) is 0 Å². The minimum absolute atomic E-state index is 0.0893. The lowest BCUT2D eigenvalue weighted by molar-refractivity contribution is 0.0699. The van der Waals surface area contributed by atoms with Gasteiger partial charge < -0.3 is 5.11 Å². The summed E-state index contributed by atoms with van der Waals surface area (Å²) in [5.74, 6) is -1.50. The summed E-state index contributed by atoms with van der Waals surface area (Å²) in [6, 6.07) is 7.60. The maximum Gasteiger partial charge on any atom is 0.336 e. The first-order chi connectivity index (χ1) is 10.1. The molecule has 0 amide bonds. The molecule has 104 valence electrons. The van der Waals surface area contributed by atoms with Gasteiger partial charge in [-0.1, -0.05) is 6.07 Å². The highest BCUT2D eigenvalue weighted by Gasteiger charge is 2.13. The van der Waals surface area contributed by atoms with Crippen LogP contribution in [0.1, 0.15) is 10.4 Å². The van der Waals surface area contributed by atoms with Crippen molar-refractivity contribution < 1.29 is 14.3 Å². The highest BCUT2D eigenvalue weighted by Crippen LogP contribution is 2.27. The molecular formula is C15H8BrFN2O2. The number of carboxylic acid groups (broad SMARTS) is 1. The minimum atomic E-state index is -1.07. The third-order valence-electron chi connectivity index (χ3n) is 3.06. The number of pyridine rings is 2. The smallest absolute Gasteiger partial charge is 0.336 e. The zero-order valence-corrected chi connectivity index (χ0v) is 12.1. The van der Waals surface area contributed by atoms with Crippen molar-refractivity contribution in [3.05, 3.63) is 58.6 Å². The van der Waals surface area contributed by atoms with Gasteiger partial charge in [-0.3, -0.25) is 4.98 Å². The Balaban J connectivity index is 2.28. The van der Waals surface area contributed by atoms with E-state index in [1.165, 1.54) is 24.5 Å². The summed E-state index contributed by atoms with van der Waals surface area (Å²) >= 11 is 3.08. The molecule has 0 bridgehead atoms. The molecule has 0 fully saturated rings. The third-order valence-corrected chi connectivity index (χ3v) is 3.70. The highest BCUT2D eigenvalue weighted by atomic mass is 79.9. The first-order valence-electron chi connectivity index (χ1n) is 6.00. The second-order valence-corrected chi connectivity index (χ2v) is 5.24. The maximum atomic E-state index is 13.6. The fraction of sp³-hybridized carbons (Fsp3) is 0.